The lowest BCUT2D eigenvalue weighted by Crippen LogP contribution is -2.32. The number of aromatic nitrogens is 1. The number of hydrogen-bond donors (Lipinski definition) is 1. The number of halogens is 2. The van der Waals surface area contributed by atoms with Crippen molar-refractivity contribution in [2.45, 2.75) is 26.4 Å². The molecule has 0 unspecified atom stereocenters. The number of rotatable bonds is 4. The van der Waals surface area contributed by atoms with Crippen molar-refractivity contribution in [3.8, 4) is 0 Å². The summed E-state index contributed by atoms with van der Waals surface area (Å²) >= 11 is 0. The van der Waals surface area contributed by atoms with Crippen LogP contribution in [0.25, 0.3) is 0 Å². The molecular formula is C15H17F2N3. The van der Waals surface area contributed by atoms with Gasteiger partial charge in [-0.1, -0.05) is 30.3 Å². The van der Waals surface area contributed by atoms with E-state index in [1.54, 1.807) is 4.90 Å². The maximum Gasteiger partial charge on any atom is 0.168 e. The summed E-state index contributed by atoms with van der Waals surface area (Å²) in [6, 6.07) is 10.4. The molecule has 0 aliphatic carbocycles. The fourth-order valence-corrected chi connectivity index (χ4v) is 1.95. The van der Waals surface area contributed by atoms with Crippen LogP contribution in [-0.2, 0) is 6.54 Å². The first kappa shape index (κ1) is 14.2. The smallest absolute Gasteiger partial charge is 0.168 e. The number of hydrogen-bond acceptors (Lipinski definition) is 3. The predicted octanol–water partition coefficient (Wildman–Crippen LogP) is 3.36. The molecule has 0 atom stereocenters. The summed E-state index contributed by atoms with van der Waals surface area (Å²) in [5, 5.41) is 0. The molecule has 5 heteroatoms. The molecule has 2 aromatic rings. The summed E-state index contributed by atoms with van der Waals surface area (Å²) in [5.41, 5.74) is 6.46. The molecule has 0 amide bonds. The van der Waals surface area contributed by atoms with E-state index in [9.17, 15) is 8.78 Å². The molecule has 1 aromatic carbocycles. The molecule has 0 bridgehead atoms. The molecule has 0 spiro atoms. The molecule has 106 valence electrons. The molecule has 0 fully saturated rings. The third kappa shape index (κ3) is 3.04. The third-order valence-corrected chi connectivity index (χ3v) is 3.03. The summed E-state index contributed by atoms with van der Waals surface area (Å²) in [5.74, 6) is -1.76. The molecule has 0 saturated heterocycles. The van der Waals surface area contributed by atoms with Crippen molar-refractivity contribution in [2.75, 3.05) is 10.6 Å². The molecule has 2 rings (SSSR count). The van der Waals surface area contributed by atoms with Gasteiger partial charge in [-0.05, 0) is 19.4 Å². The van der Waals surface area contributed by atoms with Crippen molar-refractivity contribution < 1.29 is 8.78 Å². The highest BCUT2D eigenvalue weighted by atomic mass is 19.1. The van der Waals surface area contributed by atoms with E-state index in [0.29, 0.717) is 6.54 Å². The maximum absolute atomic E-state index is 13.9. The quantitative estimate of drug-likeness (QED) is 0.931. The highest BCUT2D eigenvalue weighted by Gasteiger charge is 2.19. The second kappa shape index (κ2) is 5.86. The monoisotopic (exact) mass is 277 g/mol. The van der Waals surface area contributed by atoms with Gasteiger partial charge >= 0.3 is 0 Å². The van der Waals surface area contributed by atoms with Gasteiger partial charge in [0.05, 0.1) is 0 Å². The van der Waals surface area contributed by atoms with Crippen molar-refractivity contribution >= 4 is 11.6 Å². The van der Waals surface area contributed by atoms with Gasteiger partial charge < -0.3 is 10.6 Å². The average Bonchev–Trinajstić information content (AvgIpc) is 2.41. The summed E-state index contributed by atoms with van der Waals surface area (Å²) in [6.07, 6.45) is 0. The van der Waals surface area contributed by atoms with Gasteiger partial charge in [-0.15, -0.1) is 0 Å². The Hall–Kier alpha value is -2.17. The van der Waals surface area contributed by atoms with Gasteiger partial charge in [-0.2, -0.15) is 0 Å². The van der Waals surface area contributed by atoms with Crippen LogP contribution in [0, 0.1) is 11.6 Å². The van der Waals surface area contributed by atoms with E-state index in [-0.39, 0.29) is 17.7 Å². The molecule has 1 heterocycles. The molecule has 0 aliphatic heterocycles. The molecule has 3 nitrogen and oxygen atoms in total. The van der Waals surface area contributed by atoms with E-state index in [1.165, 1.54) is 0 Å². The normalized spacial score (nSPS) is 10.8. The van der Waals surface area contributed by atoms with Crippen LogP contribution in [0.2, 0.25) is 0 Å². The molecule has 0 aliphatic rings. The Morgan fingerprint density at radius 2 is 1.80 bits per heavy atom. The van der Waals surface area contributed by atoms with Crippen LogP contribution in [-0.4, -0.2) is 11.0 Å². The van der Waals surface area contributed by atoms with Crippen molar-refractivity contribution in [1.82, 2.24) is 4.98 Å². The van der Waals surface area contributed by atoms with Crippen LogP contribution in [0.15, 0.2) is 36.4 Å². The Morgan fingerprint density at radius 3 is 2.40 bits per heavy atom. The van der Waals surface area contributed by atoms with Crippen LogP contribution in [0.3, 0.4) is 0 Å². The van der Waals surface area contributed by atoms with E-state index in [4.69, 9.17) is 5.73 Å². The average molecular weight is 277 g/mol. The summed E-state index contributed by atoms with van der Waals surface area (Å²) in [4.78, 5) is 5.59. The van der Waals surface area contributed by atoms with E-state index in [2.05, 4.69) is 4.98 Å². The lowest BCUT2D eigenvalue weighted by atomic mass is 10.2. The van der Waals surface area contributed by atoms with Gasteiger partial charge in [0.15, 0.2) is 23.3 Å². The zero-order valence-corrected chi connectivity index (χ0v) is 11.5. The number of nitrogens with two attached hydrogens (primary N) is 1. The fraction of sp³-hybridized carbons (Fsp3) is 0.267. The molecule has 0 radical (unpaired) electrons. The van der Waals surface area contributed by atoms with Crippen LogP contribution in [0.1, 0.15) is 19.4 Å². The Labute approximate surface area is 117 Å². The Balaban J connectivity index is 2.37. The van der Waals surface area contributed by atoms with Crippen molar-refractivity contribution in [1.29, 1.82) is 0 Å². The van der Waals surface area contributed by atoms with Gasteiger partial charge in [0.1, 0.15) is 0 Å². The number of nitrogens with zero attached hydrogens (tertiary/aromatic N) is 2. The van der Waals surface area contributed by atoms with Gasteiger partial charge in [0.25, 0.3) is 0 Å². The number of anilines is 2. The molecule has 2 N–H and O–H groups in total. The molecular weight excluding hydrogens is 260 g/mol. The SMILES string of the molecule is CC(C)N(Cc1ccccc1)c1nc(N)c(F)cc1F. The van der Waals surface area contributed by atoms with Crippen LogP contribution in [0.4, 0.5) is 20.4 Å². The van der Waals surface area contributed by atoms with Crippen LogP contribution in [0.5, 0.6) is 0 Å². The second-order valence-electron chi connectivity index (χ2n) is 4.87. The van der Waals surface area contributed by atoms with Gasteiger partial charge in [0, 0.05) is 18.7 Å². The maximum atomic E-state index is 13.9. The minimum Gasteiger partial charge on any atom is -0.381 e. The van der Waals surface area contributed by atoms with Crippen molar-refractivity contribution in [3.05, 3.63) is 53.6 Å². The van der Waals surface area contributed by atoms with Crippen LogP contribution < -0.4 is 10.6 Å². The largest absolute Gasteiger partial charge is 0.381 e. The first-order valence-electron chi connectivity index (χ1n) is 6.41. The lowest BCUT2D eigenvalue weighted by molar-refractivity contribution is 0.560. The zero-order valence-electron chi connectivity index (χ0n) is 11.5. The van der Waals surface area contributed by atoms with Crippen LogP contribution >= 0.6 is 0 Å². The second-order valence-corrected chi connectivity index (χ2v) is 4.87. The topological polar surface area (TPSA) is 42.2 Å². The zero-order chi connectivity index (χ0) is 14.7. The third-order valence-electron chi connectivity index (χ3n) is 3.03. The van der Waals surface area contributed by atoms with Gasteiger partial charge in [-0.3, -0.25) is 0 Å². The Kier molecular flexibility index (Phi) is 4.17. The first-order chi connectivity index (χ1) is 9.49. The minimum atomic E-state index is -0.838. The van der Waals surface area contributed by atoms with Crippen molar-refractivity contribution in [2.24, 2.45) is 0 Å². The Bertz CT molecular complexity index is 585. The molecule has 1 aromatic heterocycles. The standard InChI is InChI=1S/C15H17F2N3/c1-10(2)20(9-11-6-4-3-5-7-11)15-13(17)8-12(16)14(18)19-15/h3-8,10H,9H2,1-2H3,(H2,18,19). The highest BCUT2D eigenvalue weighted by Crippen LogP contribution is 2.24. The summed E-state index contributed by atoms with van der Waals surface area (Å²) in [7, 11) is 0. The number of benzene rings is 1. The predicted molar refractivity (Wildman–Crippen MR) is 76.3 cm³/mol. The summed E-state index contributed by atoms with van der Waals surface area (Å²) in [6.45, 7) is 4.32. The summed E-state index contributed by atoms with van der Waals surface area (Å²) < 4.78 is 27.1. The van der Waals surface area contributed by atoms with E-state index < -0.39 is 11.6 Å². The Morgan fingerprint density at radius 1 is 1.15 bits per heavy atom. The lowest BCUT2D eigenvalue weighted by Gasteiger charge is -2.28. The van der Waals surface area contributed by atoms with Crippen molar-refractivity contribution in [3.63, 3.8) is 0 Å². The van der Waals surface area contributed by atoms with E-state index in [1.807, 2.05) is 44.2 Å². The number of pyridine rings is 1. The fourth-order valence-electron chi connectivity index (χ4n) is 1.95. The van der Waals surface area contributed by atoms with E-state index in [0.717, 1.165) is 11.6 Å². The number of nitrogen functional groups attached to an aromatic ring is 1. The van der Waals surface area contributed by atoms with E-state index >= 15 is 0 Å². The minimum absolute atomic E-state index is 0.00191. The molecule has 20 heavy (non-hydrogen) atoms. The van der Waals surface area contributed by atoms with Gasteiger partial charge in [0.2, 0.25) is 0 Å². The molecule has 0 saturated carbocycles. The first-order valence-corrected chi connectivity index (χ1v) is 6.41. The highest BCUT2D eigenvalue weighted by molar-refractivity contribution is 5.48. The van der Waals surface area contributed by atoms with Gasteiger partial charge in [-0.25, -0.2) is 13.8 Å².